The lowest BCUT2D eigenvalue weighted by Crippen LogP contribution is -2.32. The predicted molar refractivity (Wildman–Crippen MR) is 98.2 cm³/mol. The number of fused-ring (bicyclic) bond motifs is 1. The van der Waals surface area contributed by atoms with Crippen molar-refractivity contribution in [2.45, 2.75) is 19.3 Å². The van der Waals surface area contributed by atoms with Gasteiger partial charge in [0, 0.05) is 30.2 Å². The van der Waals surface area contributed by atoms with Crippen molar-refractivity contribution in [2.75, 3.05) is 30.4 Å². The van der Waals surface area contributed by atoms with Crippen molar-refractivity contribution in [3.8, 4) is 5.75 Å². The van der Waals surface area contributed by atoms with Crippen LogP contribution in [-0.4, -0.2) is 26.1 Å². The number of carbonyl (C=O) groups excluding carboxylic acids is 1. The molecule has 1 N–H and O–H groups in total. The van der Waals surface area contributed by atoms with Crippen molar-refractivity contribution in [1.29, 1.82) is 0 Å². The van der Waals surface area contributed by atoms with Crippen molar-refractivity contribution in [2.24, 2.45) is 0 Å². The van der Waals surface area contributed by atoms with E-state index in [1.54, 1.807) is 25.3 Å². The van der Waals surface area contributed by atoms with Gasteiger partial charge in [0.15, 0.2) is 0 Å². The minimum Gasteiger partial charge on any atom is -0.495 e. The van der Waals surface area contributed by atoms with Crippen molar-refractivity contribution >= 4 is 28.9 Å². The molecule has 4 nitrogen and oxygen atoms in total. The molecule has 24 heavy (non-hydrogen) atoms. The Kier molecular flexibility index (Phi) is 5.26. The van der Waals surface area contributed by atoms with Crippen LogP contribution in [0.2, 0.25) is 5.02 Å². The van der Waals surface area contributed by atoms with E-state index in [2.05, 4.69) is 28.4 Å². The van der Waals surface area contributed by atoms with Crippen LogP contribution in [0.5, 0.6) is 5.75 Å². The maximum Gasteiger partial charge on any atom is 0.226 e. The number of methoxy groups -OCH3 is 1. The molecule has 2 aromatic carbocycles. The Hall–Kier alpha value is -2.20. The van der Waals surface area contributed by atoms with Gasteiger partial charge < -0.3 is 15.0 Å². The van der Waals surface area contributed by atoms with Gasteiger partial charge in [0.25, 0.3) is 0 Å². The zero-order valence-electron chi connectivity index (χ0n) is 13.7. The number of rotatable bonds is 5. The normalized spacial score (nSPS) is 13.3. The van der Waals surface area contributed by atoms with Crippen molar-refractivity contribution < 1.29 is 9.53 Å². The van der Waals surface area contributed by atoms with Gasteiger partial charge in [0.2, 0.25) is 5.91 Å². The van der Waals surface area contributed by atoms with Gasteiger partial charge in [-0.15, -0.1) is 0 Å². The second-order valence-electron chi connectivity index (χ2n) is 5.86. The molecule has 0 radical (unpaired) electrons. The highest BCUT2D eigenvalue weighted by Crippen LogP contribution is 2.29. The number of aryl methyl sites for hydroxylation is 1. The number of anilines is 2. The third kappa shape index (κ3) is 3.82. The number of nitrogens with one attached hydrogen (secondary N) is 1. The van der Waals surface area contributed by atoms with Crippen LogP contribution >= 0.6 is 11.6 Å². The number of nitrogens with zero attached hydrogens (tertiary/aromatic N) is 1. The van der Waals surface area contributed by atoms with E-state index < -0.39 is 0 Å². The van der Waals surface area contributed by atoms with Crippen LogP contribution in [0.1, 0.15) is 18.4 Å². The second kappa shape index (κ2) is 7.58. The summed E-state index contributed by atoms with van der Waals surface area (Å²) in [5, 5.41) is 3.46. The topological polar surface area (TPSA) is 41.6 Å². The summed E-state index contributed by atoms with van der Waals surface area (Å²) in [6.07, 6.45) is 2.66. The fraction of sp³-hybridized carbons (Fsp3) is 0.316. The van der Waals surface area contributed by atoms with Gasteiger partial charge in [-0.25, -0.2) is 0 Å². The monoisotopic (exact) mass is 344 g/mol. The molecule has 1 heterocycles. The smallest absolute Gasteiger partial charge is 0.226 e. The Labute approximate surface area is 147 Å². The van der Waals surface area contributed by atoms with Gasteiger partial charge in [0.05, 0.1) is 12.8 Å². The first-order chi connectivity index (χ1) is 11.7. The molecule has 2 aromatic rings. The summed E-state index contributed by atoms with van der Waals surface area (Å²) in [7, 11) is 1.57. The average molecular weight is 345 g/mol. The zero-order valence-corrected chi connectivity index (χ0v) is 14.5. The van der Waals surface area contributed by atoms with Gasteiger partial charge in [0.1, 0.15) is 5.75 Å². The third-order valence-corrected chi connectivity index (χ3v) is 4.49. The summed E-state index contributed by atoms with van der Waals surface area (Å²) >= 11 is 6.00. The standard InChI is InChI=1S/C19H21ClN2O2/c1-24-18-9-8-15(20)13-16(18)21-19(23)10-12-22-11-4-6-14-5-2-3-7-17(14)22/h2-3,5,7-9,13H,4,6,10-12H2,1H3,(H,21,23). The van der Waals surface area contributed by atoms with Gasteiger partial charge in [-0.05, 0) is 42.7 Å². The van der Waals surface area contributed by atoms with Crippen LogP contribution in [0.25, 0.3) is 0 Å². The Bertz CT molecular complexity index is 733. The van der Waals surface area contributed by atoms with E-state index in [0.717, 1.165) is 19.4 Å². The second-order valence-corrected chi connectivity index (χ2v) is 6.30. The summed E-state index contributed by atoms with van der Waals surface area (Å²) in [5.41, 5.74) is 3.21. The number of amides is 1. The molecule has 0 bridgehead atoms. The summed E-state index contributed by atoms with van der Waals surface area (Å²) in [6.45, 7) is 1.69. The average Bonchev–Trinajstić information content (AvgIpc) is 2.60. The number of benzene rings is 2. The largest absolute Gasteiger partial charge is 0.495 e. The molecule has 3 rings (SSSR count). The molecule has 0 aromatic heterocycles. The van der Waals surface area contributed by atoms with E-state index in [9.17, 15) is 4.79 Å². The van der Waals surface area contributed by atoms with Crippen LogP contribution < -0.4 is 15.0 Å². The SMILES string of the molecule is COc1ccc(Cl)cc1NC(=O)CCN1CCCc2ccccc21. The van der Waals surface area contributed by atoms with Crippen molar-refractivity contribution in [1.82, 2.24) is 0 Å². The Morgan fingerprint density at radius 1 is 1.29 bits per heavy atom. The summed E-state index contributed by atoms with van der Waals surface area (Å²) in [6, 6.07) is 13.6. The molecule has 5 heteroatoms. The van der Waals surface area contributed by atoms with Crippen molar-refractivity contribution in [3.05, 3.63) is 53.1 Å². The van der Waals surface area contributed by atoms with Crippen LogP contribution in [0.15, 0.2) is 42.5 Å². The molecule has 0 saturated heterocycles. The molecule has 0 spiro atoms. The lowest BCUT2D eigenvalue weighted by atomic mass is 10.0. The van der Waals surface area contributed by atoms with Gasteiger partial charge in [-0.2, -0.15) is 0 Å². The molecule has 0 atom stereocenters. The molecule has 0 saturated carbocycles. The Morgan fingerprint density at radius 2 is 2.12 bits per heavy atom. The molecule has 1 aliphatic heterocycles. The van der Waals surface area contributed by atoms with E-state index in [-0.39, 0.29) is 5.91 Å². The Morgan fingerprint density at radius 3 is 2.96 bits per heavy atom. The highest BCUT2D eigenvalue weighted by Gasteiger charge is 2.17. The lowest BCUT2D eigenvalue weighted by molar-refractivity contribution is -0.116. The van der Waals surface area contributed by atoms with Gasteiger partial charge in [-0.1, -0.05) is 29.8 Å². The van der Waals surface area contributed by atoms with Crippen LogP contribution in [0, 0.1) is 0 Å². The number of hydrogen-bond acceptors (Lipinski definition) is 3. The number of ether oxygens (including phenoxy) is 1. The van der Waals surface area contributed by atoms with E-state index in [4.69, 9.17) is 16.3 Å². The van der Waals surface area contributed by atoms with E-state index in [1.807, 2.05) is 6.07 Å². The number of halogens is 1. The number of para-hydroxylation sites is 1. The predicted octanol–water partition coefficient (Wildman–Crippen LogP) is 4.13. The first kappa shape index (κ1) is 16.7. The summed E-state index contributed by atoms with van der Waals surface area (Å²) in [4.78, 5) is 14.6. The highest BCUT2D eigenvalue weighted by atomic mass is 35.5. The molecule has 126 valence electrons. The first-order valence-corrected chi connectivity index (χ1v) is 8.51. The highest BCUT2D eigenvalue weighted by molar-refractivity contribution is 6.31. The Balaban J connectivity index is 1.62. The lowest BCUT2D eigenvalue weighted by Gasteiger charge is -2.31. The minimum atomic E-state index is -0.0429. The minimum absolute atomic E-state index is 0.0429. The zero-order chi connectivity index (χ0) is 16.9. The first-order valence-electron chi connectivity index (χ1n) is 8.13. The molecule has 0 aliphatic carbocycles. The van der Waals surface area contributed by atoms with Gasteiger partial charge >= 0.3 is 0 Å². The number of hydrogen-bond donors (Lipinski definition) is 1. The molecular formula is C19H21ClN2O2. The third-order valence-electron chi connectivity index (χ3n) is 4.25. The molecule has 0 fully saturated rings. The molecule has 1 amide bonds. The molecule has 0 unspecified atom stereocenters. The fourth-order valence-electron chi connectivity index (χ4n) is 3.07. The van der Waals surface area contributed by atoms with Crippen molar-refractivity contribution in [3.63, 3.8) is 0 Å². The summed E-state index contributed by atoms with van der Waals surface area (Å²) in [5.74, 6) is 0.565. The quantitative estimate of drug-likeness (QED) is 0.886. The fourth-order valence-corrected chi connectivity index (χ4v) is 3.24. The van der Waals surface area contributed by atoms with Crippen LogP contribution in [0.3, 0.4) is 0 Å². The van der Waals surface area contributed by atoms with Gasteiger partial charge in [-0.3, -0.25) is 4.79 Å². The van der Waals surface area contributed by atoms with E-state index in [1.165, 1.54) is 11.3 Å². The maximum absolute atomic E-state index is 12.3. The summed E-state index contributed by atoms with van der Waals surface area (Å²) < 4.78 is 5.26. The van der Waals surface area contributed by atoms with E-state index in [0.29, 0.717) is 29.4 Å². The van der Waals surface area contributed by atoms with Crippen LogP contribution in [0.4, 0.5) is 11.4 Å². The van der Waals surface area contributed by atoms with Crippen LogP contribution in [-0.2, 0) is 11.2 Å². The number of carbonyl (C=O) groups is 1. The molecule has 1 aliphatic rings. The maximum atomic E-state index is 12.3. The van der Waals surface area contributed by atoms with E-state index >= 15 is 0 Å². The molecular weight excluding hydrogens is 324 g/mol.